The molecule has 2 aromatic rings. The Hall–Kier alpha value is -1.73. The largest absolute Gasteiger partial charge is 0.377 e. The highest BCUT2D eigenvalue weighted by Gasteiger charge is 2.26. The predicted octanol–water partition coefficient (Wildman–Crippen LogP) is -0.143. The molecule has 19 heavy (non-hydrogen) atoms. The second kappa shape index (κ2) is 5.10. The van der Waals surface area contributed by atoms with Gasteiger partial charge in [0.05, 0.1) is 19.3 Å². The number of anilines is 1. The number of aromatic nitrogens is 4. The van der Waals surface area contributed by atoms with Crippen molar-refractivity contribution in [2.45, 2.75) is 13.0 Å². The SMILES string of the molecule is CNCC1COCCN1c1nccn2c(C)nnc12. The summed E-state index contributed by atoms with van der Waals surface area (Å²) in [6.45, 7) is 5.04. The number of hydrogen-bond donors (Lipinski definition) is 1. The minimum absolute atomic E-state index is 0.273. The lowest BCUT2D eigenvalue weighted by Crippen LogP contribution is -2.50. The van der Waals surface area contributed by atoms with Gasteiger partial charge in [-0.15, -0.1) is 10.2 Å². The van der Waals surface area contributed by atoms with Crippen molar-refractivity contribution in [3.8, 4) is 0 Å². The topological polar surface area (TPSA) is 67.6 Å². The smallest absolute Gasteiger partial charge is 0.203 e. The van der Waals surface area contributed by atoms with E-state index in [2.05, 4.69) is 25.4 Å². The van der Waals surface area contributed by atoms with Crippen molar-refractivity contribution in [1.82, 2.24) is 24.9 Å². The van der Waals surface area contributed by atoms with Gasteiger partial charge in [-0.25, -0.2) is 4.98 Å². The lowest BCUT2D eigenvalue weighted by molar-refractivity contribution is 0.0940. The molecule has 1 aliphatic rings. The molecule has 7 heteroatoms. The fourth-order valence-corrected chi connectivity index (χ4v) is 2.47. The van der Waals surface area contributed by atoms with E-state index in [1.54, 1.807) is 6.20 Å². The zero-order valence-corrected chi connectivity index (χ0v) is 11.2. The van der Waals surface area contributed by atoms with Crippen molar-refractivity contribution in [3.63, 3.8) is 0 Å². The first-order valence-corrected chi connectivity index (χ1v) is 6.46. The number of nitrogens with one attached hydrogen (secondary N) is 1. The molecule has 1 unspecified atom stereocenters. The second-order valence-corrected chi connectivity index (χ2v) is 4.67. The Bertz CT molecular complexity index is 566. The van der Waals surface area contributed by atoms with E-state index in [9.17, 15) is 0 Å². The number of likely N-dealkylation sites (N-methyl/N-ethyl adjacent to an activating group) is 1. The van der Waals surface area contributed by atoms with E-state index in [4.69, 9.17) is 4.74 Å². The van der Waals surface area contributed by atoms with Crippen LogP contribution in [-0.2, 0) is 4.74 Å². The Labute approximate surface area is 111 Å². The first-order chi connectivity index (χ1) is 9.31. The maximum atomic E-state index is 5.55. The molecule has 1 N–H and O–H groups in total. The fraction of sp³-hybridized carbons (Fsp3) is 0.583. The zero-order chi connectivity index (χ0) is 13.2. The van der Waals surface area contributed by atoms with Crippen LogP contribution >= 0.6 is 0 Å². The molecule has 0 spiro atoms. The lowest BCUT2D eigenvalue weighted by Gasteiger charge is -2.36. The molecule has 0 aromatic carbocycles. The Morgan fingerprint density at radius 3 is 3.21 bits per heavy atom. The number of hydrogen-bond acceptors (Lipinski definition) is 6. The van der Waals surface area contributed by atoms with Crippen molar-refractivity contribution < 1.29 is 4.74 Å². The lowest BCUT2D eigenvalue weighted by atomic mass is 10.2. The van der Waals surface area contributed by atoms with Crippen LogP contribution in [0.3, 0.4) is 0 Å². The molecule has 1 fully saturated rings. The summed E-state index contributed by atoms with van der Waals surface area (Å²) in [6, 6.07) is 0.273. The highest BCUT2D eigenvalue weighted by Crippen LogP contribution is 2.21. The highest BCUT2D eigenvalue weighted by molar-refractivity contribution is 5.64. The average Bonchev–Trinajstić information content (AvgIpc) is 2.82. The van der Waals surface area contributed by atoms with E-state index in [1.165, 1.54) is 0 Å². The third-order valence-electron chi connectivity index (χ3n) is 3.42. The summed E-state index contributed by atoms with van der Waals surface area (Å²) in [5.41, 5.74) is 0.808. The van der Waals surface area contributed by atoms with Crippen LogP contribution in [-0.4, -0.2) is 59.0 Å². The number of aryl methyl sites for hydroxylation is 1. The first-order valence-electron chi connectivity index (χ1n) is 6.46. The molecule has 1 atom stereocenters. The molecule has 0 aliphatic carbocycles. The summed E-state index contributed by atoms with van der Waals surface area (Å²) < 4.78 is 7.52. The van der Waals surface area contributed by atoms with Crippen LogP contribution in [0.15, 0.2) is 12.4 Å². The molecule has 3 heterocycles. The van der Waals surface area contributed by atoms with Crippen molar-refractivity contribution in [2.75, 3.05) is 38.3 Å². The summed E-state index contributed by atoms with van der Waals surface area (Å²) in [6.07, 6.45) is 3.69. The molecule has 102 valence electrons. The van der Waals surface area contributed by atoms with Gasteiger partial charge < -0.3 is 15.0 Å². The van der Waals surface area contributed by atoms with E-state index in [-0.39, 0.29) is 6.04 Å². The quantitative estimate of drug-likeness (QED) is 0.830. The molecule has 0 amide bonds. The zero-order valence-electron chi connectivity index (χ0n) is 11.2. The fourth-order valence-electron chi connectivity index (χ4n) is 2.47. The minimum atomic E-state index is 0.273. The van der Waals surface area contributed by atoms with Crippen LogP contribution in [0.1, 0.15) is 5.82 Å². The van der Waals surface area contributed by atoms with Crippen LogP contribution in [0.5, 0.6) is 0 Å². The Balaban J connectivity index is 2.01. The van der Waals surface area contributed by atoms with E-state index in [1.807, 2.05) is 24.6 Å². The van der Waals surface area contributed by atoms with E-state index < -0.39 is 0 Å². The van der Waals surface area contributed by atoms with Crippen molar-refractivity contribution in [2.24, 2.45) is 0 Å². The molecule has 0 bridgehead atoms. The van der Waals surface area contributed by atoms with Gasteiger partial charge in [0.1, 0.15) is 5.82 Å². The predicted molar refractivity (Wildman–Crippen MR) is 71.4 cm³/mol. The second-order valence-electron chi connectivity index (χ2n) is 4.67. The van der Waals surface area contributed by atoms with E-state index in [0.717, 1.165) is 37.0 Å². The highest BCUT2D eigenvalue weighted by atomic mass is 16.5. The van der Waals surface area contributed by atoms with Gasteiger partial charge in [0, 0.05) is 25.5 Å². The molecule has 1 aliphatic heterocycles. The molecule has 7 nitrogen and oxygen atoms in total. The third-order valence-corrected chi connectivity index (χ3v) is 3.42. The average molecular weight is 262 g/mol. The van der Waals surface area contributed by atoms with Gasteiger partial charge in [0.2, 0.25) is 5.65 Å². The Morgan fingerprint density at radius 1 is 1.47 bits per heavy atom. The van der Waals surface area contributed by atoms with Gasteiger partial charge in [-0.05, 0) is 14.0 Å². The molecule has 3 rings (SSSR count). The van der Waals surface area contributed by atoms with Gasteiger partial charge in [-0.1, -0.05) is 0 Å². The number of morpholine rings is 1. The van der Waals surface area contributed by atoms with Gasteiger partial charge in [0.25, 0.3) is 0 Å². The van der Waals surface area contributed by atoms with Crippen LogP contribution in [0.4, 0.5) is 5.82 Å². The first kappa shape index (κ1) is 12.3. The third kappa shape index (κ3) is 2.15. The van der Waals surface area contributed by atoms with Gasteiger partial charge >= 0.3 is 0 Å². The Kier molecular flexibility index (Phi) is 3.31. The van der Waals surface area contributed by atoms with Crippen molar-refractivity contribution >= 4 is 11.5 Å². The summed E-state index contributed by atoms with van der Waals surface area (Å²) in [7, 11) is 1.95. The maximum Gasteiger partial charge on any atom is 0.203 e. The van der Waals surface area contributed by atoms with Crippen LogP contribution in [0, 0.1) is 6.92 Å². The molecular formula is C12H18N6O. The summed E-state index contributed by atoms with van der Waals surface area (Å²) in [5.74, 6) is 1.75. The van der Waals surface area contributed by atoms with Gasteiger partial charge in [-0.2, -0.15) is 0 Å². The van der Waals surface area contributed by atoms with Gasteiger partial charge in [-0.3, -0.25) is 4.40 Å². The molecule has 2 aromatic heterocycles. The van der Waals surface area contributed by atoms with Gasteiger partial charge in [0.15, 0.2) is 5.82 Å². The molecule has 1 saturated heterocycles. The Morgan fingerprint density at radius 2 is 2.37 bits per heavy atom. The summed E-state index contributed by atoms with van der Waals surface area (Å²) in [5, 5.41) is 11.6. The summed E-state index contributed by atoms with van der Waals surface area (Å²) >= 11 is 0. The monoisotopic (exact) mass is 262 g/mol. The minimum Gasteiger partial charge on any atom is -0.377 e. The van der Waals surface area contributed by atoms with E-state index in [0.29, 0.717) is 6.61 Å². The number of ether oxygens (including phenoxy) is 1. The number of rotatable bonds is 3. The maximum absolute atomic E-state index is 5.55. The number of fused-ring (bicyclic) bond motifs is 1. The van der Waals surface area contributed by atoms with Crippen molar-refractivity contribution in [3.05, 3.63) is 18.2 Å². The molecule has 0 saturated carbocycles. The van der Waals surface area contributed by atoms with E-state index >= 15 is 0 Å². The van der Waals surface area contributed by atoms with Crippen LogP contribution in [0.25, 0.3) is 5.65 Å². The molecule has 0 radical (unpaired) electrons. The summed E-state index contributed by atoms with van der Waals surface area (Å²) in [4.78, 5) is 6.75. The molecular weight excluding hydrogens is 244 g/mol. The van der Waals surface area contributed by atoms with Crippen LogP contribution < -0.4 is 10.2 Å². The standard InChI is InChI=1S/C12H18N6O/c1-9-15-16-12-11(14-3-4-17(9)12)18-5-6-19-8-10(18)7-13-2/h3-4,10,13H,5-8H2,1-2H3. The van der Waals surface area contributed by atoms with Crippen LogP contribution in [0.2, 0.25) is 0 Å². The number of nitrogens with zero attached hydrogens (tertiary/aromatic N) is 5. The normalized spacial score (nSPS) is 20.1. The van der Waals surface area contributed by atoms with Crippen molar-refractivity contribution in [1.29, 1.82) is 0 Å².